The van der Waals surface area contributed by atoms with Crippen LogP contribution in [0.1, 0.15) is 27.7 Å². The molecule has 0 spiro atoms. The van der Waals surface area contributed by atoms with Gasteiger partial charge < -0.3 is 4.99 Å². The standard InChI is InChI=1S/C24H19N4.Fe/c1-13-9-21-11-19-6-5-17(25-19)10-18-7-8-20(26-18)12-22-14(2)15(3)24(28-22)16(4)23(13)27-21;/h5-6,8-12H,1-4H3;/q-1;. The summed E-state index contributed by atoms with van der Waals surface area (Å²) < 4.78 is 0. The van der Waals surface area contributed by atoms with E-state index in [4.69, 9.17) is 9.98 Å². The summed E-state index contributed by atoms with van der Waals surface area (Å²) in [4.78, 5) is 19.1. The molecule has 5 rings (SSSR count). The second kappa shape index (κ2) is 7.18. The van der Waals surface area contributed by atoms with Crippen molar-refractivity contribution in [2.24, 2.45) is 20.0 Å². The van der Waals surface area contributed by atoms with Crippen molar-refractivity contribution in [1.82, 2.24) is 0 Å². The summed E-state index contributed by atoms with van der Waals surface area (Å²) in [5, 5.41) is 0. The molecule has 29 heavy (non-hydrogen) atoms. The Bertz CT molecular complexity index is 1220. The third-order valence-corrected chi connectivity index (χ3v) is 5.39. The molecule has 0 N–H and O–H groups in total. The zero-order chi connectivity index (χ0) is 19.4. The van der Waals surface area contributed by atoms with Crippen LogP contribution in [0.25, 0.3) is 0 Å². The molecule has 0 aromatic heterocycles. The maximum atomic E-state index is 4.92. The average molecular weight is 419 g/mol. The summed E-state index contributed by atoms with van der Waals surface area (Å²) in [6.07, 6.45) is 17.2. The second-order valence-electron chi connectivity index (χ2n) is 7.37. The summed E-state index contributed by atoms with van der Waals surface area (Å²) >= 11 is 0. The fraction of sp³-hybridized carbons (Fsp3) is 0.167. The van der Waals surface area contributed by atoms with Gasteiger partial charge in [0.1, 0.15) is 0 Å². The topological polar surface area (TPSA) is 49.4 Å². The first kappa shape index (κ1) is 19.4. The Labute approximate surface area is 181 Å². The predicted octanol–water partition coefficient (Wildman–Crippen LogP) is 4.94. The summed E-state index contributed by atoms with van der Waals surface area (Å²) in [6, 6.07) is 0. The fourth-order valence-corrected chi connectivity index (χ4v) is 3.76. The van der Waals surface area contributed by atoms with Crippen LogP contribution < -0.4 is 0 Å². The molecule has 0 saturated carbocycles. The van der Waals surface area contributed by atoms with Crippen LogP contribution in [0.15, 0.2) is 108 Å². The minimum atomic E-state index is 0. The van der Waals surface area contributed by atoms with Gasteiger partial charge in [0.05, 0.1) is 28.5 Å². The van der Waals surface area contributed by atoms with Gasteiger partial charge in [0.15, 0.2) is 0 Å². The second-order valence-corrected chi connectivity index (χ2v) is 7.37. The molecule has 0 saturated heterocycles. The third-order valence-electron chi connectivity index (χ3n) is 5.39. The van der Waals surface area contributed by atoms with Gasteiger partial charge in [-0.2, -0.15) is 6.08 Å². The molecule has 8 bridgehead atoms. The van der Waals surface area contributed by atoms with Crippen molar-refractivity contribution in [3.8, 4) is 0 Å². The van der Waals surface area contributed by atoms with Gasteiger partial charge in [-0.1, -0.05) is 11.8 Å². The smallest absolute Gasteiger partial charge is 0.0719 e. The van der Waals surface area contributed by atoms with Crippen LogP contribution in [0.5, 0.6) is 0 Å². The zero-order valence-corrected chi connectivity index (χ0v) is 17.8. The van der Waals surface area contributed by atoms with E-state index in [1.165, 1.54) is 11.1 Å². The van der Waals surface area contributed by atoms with Crippen molar-refractivity contribution in [2.75, 3.05) is 0 Å². The first-order chi connectivity index (χ1) is 13.5. The number of nitrogens with zero attached hydrogens (tertiary/aromatic N) is 4. The van der Waals surface area contributed by atoms with E-state index in [0.717, 1.165) is 56.8 Å². The van der Waals surface area contributed by atoms with Crippen LogP contribution in [0.2, 0.25) is 0 Å². The Morgan fingerprint density at radius 3 is 2.34 bits per heavy atom. The molecule has 0 aromatic carbocycles. The van der Waals surface area contributed by atoms with E-state index >= 15 is 0 Å². The summed E-state index contributed by atoms with van der Waals surface area (Å²) in [5.41, 5.74) is 11.8. The van der Waals surface area contributed by atoms with Crippen molar-refractivity contribution >= 4 is 22.8 Å². The number of rotatable bonds is 0. The minimum Gasteiger partial charge on any atom is -0.339 e. The van der Waals surface area contributed by atoms with E-state index < -0.39 is 0 Å². The van der Waals surface area contributed by atoms with Crippen LogP contribution in [-0.4, -0.2) is 22.8 Å². The maximum Gasteiger partial charge on any atom is 0.0719 e. The van der Waals surface area contributed by atoms with E-state index in [0.29, 0.717) is 0 Å². The first-order valence-electron chi connectivity index (χ1n) is 9.34. The number of fused-ring (bicyclic) bond motifs is 4. The maximum absolute atomic E-state index is 4.92. The van der Waals surface area contributed by atoms with E-state index in [1.807, 2.05) is 36.5 Å². The van der Waals surface area contributed by atoms with Crippen LogP contribution >= 0.6 is 0 Å². The minimum absolute atomic E-state index is 0. The Balaban J connectivity index is 0.00000205. The molecule has 0 amide bonds. The number of hydrogen-bond acceptors (Lipinski definition) is 4. The Morgan fingerprint density at radius 1 is 0.690 bits per heavy atom. The number of aliphatic imine (C=N–C) groups is 4. The molecular weight excluding hydrogens is 400 g/mol. The molecule has 5 aliphatic heterocycles. The molecular formula is C24H19FeN4-. The zero-order valence-electron chi connectivity index (χ0n) is 16.7. The van der Waals surface area contributed by atoms with Crippen molar-refractivity contribution in [2.45, 2.75) is 27.7 Å². The number of hydrogen-bond donors (Lipinski definition) is 0. The largest absolute Gasteiger partial charge is 0.339 e. The third kappa shape index (κ3) is 3.37. The summed E-state index contributed by atoms with van der Waals surface area (Å²) in [7, 11) is 0. The van der Waals surface area contributed by atoms with E-state index in [9.17, 15) is 0 Å². The first-order valence-corrected chi connectivity index (χ1v) is 9.34. The molecule has 0 atom stereocenters. The van der Waals surface area contributed by atoms with Gasteiger partial charge in [0.25, 0.3) is 0 Å². The summed E-state index contributed by atoms with van der Waals surface area (Å²) in [5.74, 6) is 0. The van der Waals surface area contributed by atoms with Gasteiger partial charge >= 0.3 is 0 Å². The number of allylic oxidation sites excluding steroid dienone is 12. The van der Waals surface area contributed by atoms with Gasteiger partial charge in [-0.15, -0.1) is 12.2 Å². The molecule has 0 radical (unpaired) electrons. The van der Waals surface area contributed by atoms with E-state index in [-0.39, 0.29) is 17.1 Å². The quantitative estimate of drug-likeness (QED) is 0.395. The van der Waals surface area contributed by atoms with Gasteiger partial charge in [0, 0.05) is 28.4 Å². The van der Waals surface area contributed by atoms with E-state index in [2.05, 4.69) is 49.8 Å². The van der Waals surface area contributed by atoms with Crippen LogP contribution in [-0.2, 0) is 17.1 Å². The van der Waals surface area contributed by atoms with Crippen LogP contribution in [0.4, 0.5) is 0 Å². The molecule has 0 aromatic rings. The molecule has 0 fully saturated rings. The average Bonchev–Trinajstić information content (AvgIpc) is 3.42. The van der Waals surface area contributed by atoms with Crippen molar-refractivity contribution < 1.29 is 17.1 Å². The SMILES string of the molecule is CC1=CC2=NC1=C(C)C1=NC(=CC3=NC(=CC4=NC(=C2)C=C4)[C-]=C3)C(C)=C1C.[Fe]. The molecule has 4 nitrogen and oxygen atoms in total. The van der Waals surface area contributed by atoms with Gasteiger partial charge in [0.2, 0.25) is 0 Å². The van der Waals surface area contributed by atoms with Crippen molar-refractivity contribution in [3.63, 3.8) is 0 Å². The molecule has 0 unspecified atom stereocenters. The predicted molar refractivity (Wildman–Crippen MR) is 116 cm³/mol. The monoisotopic (exact) mass is 419 g/mol. The van der Waals surface area contributed by atoms with Crippen molar-refractivity contribution in [3.05, 3.63) is 93.7 Å². The fourth-order valence-electron chi connectivity index (χ4n) is 3.76. The molecule has 5 aliphatic rings. The van der Waals surface area contributed by atoms with E-state index in [1.54, 1.807) is 0 Å². The Morgan fingerprint density at radius 2 is 1.52 bits per heavy atom. The van der Waals surface area contributed by atoms with Crippen molar-refractivity contribution in [1.29, 1.82) is 0 Å². The normalized spacial score (nSPS) is 21.9. The van der Waals surface area contributed by atoms with Gasteiger partial charge in [-0.25, -0.2) is 9.98 Å². The molecule has 144 valence electrons. The summed E-state index contributed by atoms with van der Waals surface area (Å²) in [6.45, 7) is 8.43. The van der Waals surface area contributed by atoms with Crippen LogP contribution in [0, 0.1) is 6.08 Å². The van der Waals surface area contributed by atoms with Gasteiger partial charge in [-0.05, 0) is 74.4 Å². The molecule has 5 heteroatoms. The Hall–Kier alpha value is -2.88. The molecule has 0 aliphatic carbocycles. The van der Waals surface area contributed by atoms with Crippen LogP contribution in [0.3, 0.4) is 0 Å². The molecule has 5 heterocycles. The van der Waals surface area contributed by atoms with Gasteiger partial charge in [-0.3, -0.25) is 4.99 Å². The Kier molecular flexibility index (Phi) is 4.81.